The van der Waals surface area contributed by atoms with Gasteiger partial charge in [-0.05, 0) is 30.0 Å². The molecule has 3 N–H and O–H groups in total. The van der Waals surface area contributed by atoms with Crippen molar-refractivity contribution in [3.63, 3.8) is 0 Å². The molecule has 1 aromatic carbocycles. The average molecular weight is 346 g/mol. The molecule has 0 aliphatic carbocycles. The molecule has 0 saturated heterocycles. The number of hydrogen-bond acceptors (Lipinski definition) is 3. The number of nitrogens with one attached hydrogen (secondary N) is 1. The van der Waals surface area contributed by atoms with Crippen LogP contribution in [0.15, 0.2) is 18.2 Å². The molecule has 5 nitrogen and oxygen atoms in total. The van der Waals surface area contributed by atoms with Crippen LogP contribution >= 0.6 is 24.0 Å². The first-order chi connectivity index (χ1) is 9.90. The molecule has 22 heavy (non-hydrogen) atoms. The Kier molecular flexibility index (Phi) is 6.66. The van der Waals surface area contributed by atoms with E-state index >= 15 is 0 Å². The fourth-order valence-electron chi connectivity index (χ4n) is 2.29. The summed E-state index contributed by atoms with van der Waals surface area (Å²) in [5.41, 5.74) is 7.67. The first kappa shape index (κ1) is 18.7. The predicted molar refractivity (Wildman–Crippen MR) is 90.6 cm³/mol. The van der Waals surface area contributed by atoms with E-state index in [9.17, 15) is 9.59 Å². The Labute approximate surface area is 141 Å². The highest BCUT2D eigenvalue weighted by atomic mass is 35.5. The zero-order valence-corrected chi connectivity index (χ0v) is 14.2. The van der Waals surface area contributed by atoms with Crippen molar-refractivity contribution >= 4 is 41.5 Å². The highest BCUT2D eigenvalue weighted by Crippen LogP contribution is 2.30. The van der Waals surface area contributed by atoms with Gasteiger partial charge in [0.15, 0.2) is 0 Å². The average Bonchev–Trinajstić information content (AvgIpc) is 2.86. The quantitative estimate of drug-likeness (QED) is 0.872. The van der Waals surface area contributed by atoms with Gasteiger partial charge in [0, 0.05) is 17.3 Å². The topological polar surface area (TPSA) is 75.4 Å². The number of halogens is 2. The van der Waals surface area contributed by atoms with Crippen LogP contribution in [0, 0.1) is 5.92 Å². The van der Waals surface area contributed by atoms with E-state index in [1.807, 2.05) is 26.0 Å². The first-order valence-corrected chi connectivity index (χ1v) is 7.40. The second kappa shape index (κ2) is 7.81. The van der Waals surface area contributed by atoms with E-state index in [0.29, 0.717) is 11.6 Å². The third-order valence-electron chi connectivity index (χ3n) is 3.68. The minimum atomic E-state index is -0.599. The molecule has 2 amide bonds. The number of anilines is 1. The molecule has 1 aliphatic rings. The van der Waals surface area contributed by atoms with E-state index in [1.54, 1.807) is 11.0 Å². The van der Waals surface area contributed by atoms with Gasteiger partial charge in [-0.25, -0.2) is 0 Å². The van der Waals surface area contributed by atoms with E-state index in [4.69, 9.17) is 17.3 Å². The lowest BCUT2D eigenvalue weighted by Crippen LogP contribution is -2.47. The molecule has 0 saturated carbocycles. The highest BCUT2D eigenvalue weighted by molar-refractivity contribution is 6.31. The molecule has 1 aromatic rings. The largest absolute Gasteiger partial charge is 0.346 e. The summed E-state index contributed by atoms with van der Waals surface area (Å²) >= 11 is 5.97. The van der Waals surface area contributed by atoms with Gasteiger partial charge >= 0.3 is 0 Å². The number of rotatable bonds is 4. The number of carbonyl (C=O) groups excluding carboxylic acids is 2. The molecule has 1 aliphatic heterocycles. The normalized spacial score (nSPS) is 14.3. The lowest BCUT2D eigenvalue weighted by Gasteiger charge is -2.19. The fourth-order valence-corrected chi connectivity index (χ4v) is 2.46. The molecule has 0 radical (unpaired) electrons. The summed E-state index contributed by atoms with van der Waals surface area (Å²) in [7, 11) is 0. The lowest BCUT2D eigenvalue weighted by molar-refractivity contribution is -0.126. The summed E-state index contributed by atoms with van der Waals surface area (Å²) in [5, 5.41) is 3.19. The van der Waals surface area contributed by atoms with Gasteiger partial charge in [-0.3, -0.25) is 9.59 Å². The van der Waals surface area contributed by atoms with E-state index in [-0.39, 0.29) is 36.7 Å². The third-order valence-corrected chi connectivity index (χ3v) is 3.91. The predicted octanol–water partition coefficient (Wildman–Crippen LogP) is 1.75. The summed E-state index contributed by atoms with van der Waals surface area (Å²) in [4.78, 5) is 25.7. The Morgan fingerprint density at radius 2 is 2.09 bits per heavy atom. The molecule has 0 unspecified atom stereocenters. The van der Waals surface area contributed by atoms with Crippen molar-refractivity contribution < 1.29 is 9.59 Å². The number of amides is 2. The van der Waals surface area contributed by atoms with Crippen LogP contribution in [-0.2, 0) is 16.0 Å². The van der Waals surface area contributed by atoms with Gasteiger partial charge in [0.05, 0.1) is 12.6 Å². The monoisotopic (exact) mass is 345 g/mol. The molecular formula is C15H21Cl2N3O2. The molecule has 0 bridgehead atoms. The zero-order chi connectivity index (χ0) is 15.6. The van der Waals surface area contributed by atoms with Crippen molar-refractivity contribution in [1.82, 2.24) is 5.32 Å². The van der Waals surface area contributed by atoms with Gasteiger partial charge in [-0.2, -0.15) is 0 Å². The molecule has 1 atom stereocenters. The molecule has 7 heteroatoms. The minimum absolute atomic E-state index is 0. The van der Waals surface area contributed by atoms with Crippen LogP contribution < -0.4 is 16.0 Å². The summed E-state index contributed by atoms with van der Waals surface area (Å²) in [6.45, 7) is 4.29. The van der Waals surface area contributed by atoms with Gasteiger partial charge in [0.1, 0.15) is 0 Å². The van der Waals surface area contributed by atoms with Crippen LogP contribution in [0.4, 0.5) is 5.69 Å². The smallest absolute Gasteiger partial charge is 0.246 e. The maximum absolute atomic E-state index is 12.2. The van der Waals surface area contributed by atoms with Crippen molar-refractivity contribution in [2.45, 2.75) is 26.3 Å². The van der Waals surface area contributed by atoms with E-state index in [1.165, 1.54) is 0 Å². The molecular weight excluding hydrogens is 325 g/mol. The maximum Gasteiger partial charge on any atom is 0.246 e. The SMILES string of the molecule is CC(C)[C@H](N)C(=O)NCC(=O)N1CCc2ccc(Cl)cc21.Cl. The van der Waals surface area contributed by atoms with Crippen LogP contribution in [-0.4, -0.2) is 30.9 Å². The van der Waals surface area contributed by atoms with Gasteiger partial charge in [0.25, 0.3) is 0 Å². The van der Waals surface area contributed by atoms with E-state index in [2.05, 4.69) is 5.32 Å². The molecule has 0 fully saturated rings. The van der Waals surface area contributed by atoms with Gasteiger partial charge in [-0.15, -0.1) is 12.4 Å². The van der Waals surface area contributed by atoms with Gasteiger partial charge in [-0.1, -0.05) is 31.5 Å². The fraction of sp³-hybridized carbons (Fsp3) is 0.467. The van der Waals surface area contributed by atoms with Gasteiger partial charge in [0.2, 0.25) is 11.8 Å². The number of nitrogens with two attached hydrogens (primary N) is 1. The Balaban J connectivity index is 0.00000242. The minimum Gasteiger partial charge on any atom is -0.346 e. The second-order valence-electron chi connectivity index (χ2n) is 5.56. The molecule has 2 rings (SSSR count). The number of nitrogens with zero attached hydrogens (tertiary/aromatic N) is 1. The Hall–Kier alpha value is -1.30. The van der Waals surface area contributed by atoms with Gasteiger partial charge < -0.3 is 16.0 Å². The third kappa shape index (κ3) is 4.12. The summed E-state index contributed by atoms with van der Waals surface area (Å²) in [5.74, 6) is -0.421. The Morgan fingerprint density at radius 3 is 2.73 bits per heavy atom. The Morgan fingerprint density at radius 1 is 1.41 bits per heavy atom. The van der Waals surface area contributed by atoms with Crippen LogP contribution in [0.25, 0.3) is 0 Å². The summed E-state index contributed by atoms with van der Waals surface area (Å²) in [6.07, 6.45) is 0.803. The number of carbonyl (C=O) groups is 2. The zero-order valence-electron chi connectivity index (χ0n) is 12.6. The van der Waals surface area contributed by atoms with Crippen molar-refractivity contribution in [2.24, 2.45) is 11.7 Å². The summed E-state index contributed by atoms with van der Waals surface area (Å²) in [6, 6.07) is 4.93. The van der Waals surface area contributed by atoms with Crippen molar-refractivity contribution in [2.75, 3.05) is 18.0 Å². The number of benzene rings is 1. The van der Waals surface area contributed by atoms with Crippen LogP contribution in [0.1, 0.15) is 19.4 Å². The molecule has 1 heterocycles. The van der Waals surface area contributed by atoms with E-state index < -0.39 is 6.04 Å². The van der Waals surface area contributed by atoms with Crippen LogP contribution in [0.5, 0.6) is 0 Å². The highest BCUT2D eigenvalue weighted by Gasteiger charge is 2.25. The van der Waals surface area contributed by atoms with Crippen molar-refractivity contribution in [3.8, 4) is 0 Å². The van der Waals surface area contributed by atoms with Crippen LogP contribution in [0.3, 0.4) is 0 Å². The van der Waals surface area contributed by atoms with Crippen molar-refractivity contribution in [1.29, 1.82) is 0 Å². The lowest BCUT2D eigenvalue weighted by atomic mass is 10.1. The molecule has 122 valence electrons. The maximum atomic E-state index is 12.2. The van der Waals surface area contributed by atoms with E-state index in [0.717, 1.165) is 17.7 Å². The van der Waals surface area contributed by atoms with Crippen molar-refractivity contribution in [3.05, 3.63) is 28.8 Å². The first-order valence-electron chi connectivity index (χ1n) is 7.02. The summed E-state index contributed by atoms with van der Waals surface area (Å²) < 4.78 is 0. The second-order valence-corrected chi connectivity index (χ2v) is 5.99. The van der Waals surface area contributed by atoms with Crippen LogP contribution in [0.2, 0.25) is 5.02 Å². The molecule has 0 aromatic heterocycles. The number of fused-ring (bicyclic) bond motifs is 1. The standard InChI is InChI=1S/C15H20ClN3O2.ClH/c1-9(2)14(17)15(21)18-8-13(20)19-6-5-10-3-4-11(16)7-12(10)19;/h3-4,7,9,14H,5-6,8,17H2,1-2H3,(H,18,21);1H/t14-;/m0./s1. The number of hydrogen-bond donors (Lipinski definition) is 2. The molecule has 0 spiro atoms. The Bertz CT molecular complexity index is 564.